The normalized spacial score (nSPS) is 17.4. The summed E-state index contributed by atoms with van der Waals surface area (Å²) in [7, 11) is -3.09. The van der Waals surface area contributed by atoms with Gasteiger partial charge in [-0.3, -0.25) is 4.99 Å². The number of hydrogen-bond donors (Lipinski definition) is 2. The Morgan fingerprint density at radius 2 is 1.95 bits per heavy atom. The van der Waals surface area contributed by atoms with Gasteiger partial charge in [0.15, 0.2) is 5.96 Å². The van der Waals surface area contributed by atoms with Crippen molar-refractivity contribution in [1.82, 2.24) is 14.9 Å². The highest BCUT2D eigenvalue weighted by atomic mass is 32.2. The summed E-state index contributed by atoms with van der Waals surface area (Å²) in [5.41, 5.74) is 0. The molecule has 0 aliphatic heterocycles. The number of sulfonamides is 1. The maximum absolute atomic E-state index is 11.5. The Morgan fingerprint density at radius 1 is 1.29 bits per heavy atom. The number of guanidine groups is 1. The number of rotatable bonds is 8. The topological polar surface area (TPSA) is 73.8 Å². The van der Waals surface area contributed by atoms with Crippen LogP contribution in [0.4, 0.5) is 0 Å². The van der Waals surface area contributed by atoms with E-state index in [1.165, 1.54) is 36.2 Å². The van der Waals surface area contributed by atoms with Crippen molar-refractivity contribution in [3.8, 4) is 0 Å². The average molecular weight is 318 g/mol. The smallest absolute Gasteiger partial charge is 0.211 e. The quantitative estimate of drug-likeness (QED) is 0.400. The van der Waals surface area contributed by atoms with Gasteiger partial charge in [-0.25, -0.2) is 12.7 Å². The van der Waals surface area contributed by atoms with Gasteiger partial charge >= 0.3 is 0 Å². The van der Waals surface area contributed by atoms with Crippen molar-refractivity contribution in [2.24, 2.45) is 4.99 Å². The van der Waals surface area contributed by atoms with Crippen molar-refractivity contribution < 1.29 is 8.42 Å². The maximum atomic E-state index is 11.5. The lowest BCUT2D eigenvalue weighted by molar-refractivity contribution is 0.427. The highest BCUT2D eigenvalue weighted by Gasteiger charge is 2.16. The molecule has 0 spiro atoms. The van der Waals surface area contributed by atoms with Crippen LogP contribution in [-0.2, 0) is 10.0 Å². The van der Waals surface area contributed by atoms with Gasteiger partial charge < -0.3 is 10.6 Å². The van der Waals surface area contributed by atoms with E-state index in [1.54, 1.807) is 0 Å². The summed E-state index contributed by atoms with van der Waals surface area (Å²) < 4.78 is 24.5. The first kappa shape index (κ1) is 18.2. The van der Waals surface area contributed by atoms with E-state index in [0.29, 0.717) is 25.7 Å². The molecule has 6 nitrogen and oxygen atoms in total. The van der Waals surface area contributed by atoms with E-state index >= 15 is 0 Å². The van der Waals surface area contributed by atoms with Crippen molar-refractivity contribution in [3.05, 3.63) is 0 Å². The lowest BCUT2D eigenvalue weighted by Crippen LogP contribution is -2.42. The summed E-state index contributed by atoms with van der Waals surface area (Å²) in [5, 5.41) is 6.71. The van der Waals surface area contributed by atoms with Crippen molar-refractivity contribution >= 4 is 16.0 Å². The van der Waals surface area contributed by atoms with Crippen LogP contribution in [0.15, 0.2) is 4.99 Å². The molecule has 0 aromatic heterocycles. The van der Waals surface area contributed by atoms with Gasteiger partial charge in [0.05, 0.1) is 6.26 Å². The fourth-order valence-electron chi connectivity index (χ4n) is 2.58. The molecule has 7 heteroatoms. The Bertz CT molecular complexity index is 417. The summed E-state index contributed by atoms with van der Waals surface area (Å²) in [6.45, 7) is 6.42. The molecule has 1 aliphatic rings. The SMILES string of the molecule is CCNC(=NCCCN(CC)S(C)(=O)=O)NC1CCCC1. The molecule has 124 valence electrons. The van der Waals surface area contributed by atoms with Crippen LogP contribution in [0.25, 0.3) is 0 Å². The monoisotopic (exact) mass is 318 g/mol. The average Bonchev–Trinajstić information content (AvgIpc) is 2.90. The zero-order valence-corrected chi connectivity index (χ0v) is 14.4. The Morgan fingerprint density at radius 3 is 2.48 bits per heavy atom. The Balaban J connectivity index is 2.39. The minimum absolute atomic E-state index is 0.517. The van der Waals surface area contributed by atoms with E-state index in [-0.39, 0.29) is 0 Å². The molecule has 0 heterocycles. The molecule has 0 bridgehead atoms. The minimum Gasteiger partial charge on any atom is -0.357 e. The fraction of sp³-hybridized carbons (Fsp3) is 0.929. The van der Waals surface area contributed by atoms with E-state index < -0.39 is 10.0 Å². The van der Waals surface area contributed by atoms with Crippen LogP contribution in [0.5, 0.6) is 0 Å². The molecule has 1 rings (SSSR count). The molecule has 21 heavy (non-hydrogen) atoms. The van der Waals surface area contributed by atoms with Gasteiger partial charge in [0.2, 0.25) is 10.0 Å². The third kappa shape index (κ3) is 7.13. The second-order valence-corrected chi connectivity index (χ2v) is 7.48. The molecule has 0 radical (unpaired) electrons. The Labute approximate surface area is 129 Å². The summed E-state index contributed by atoms with van der Waals surface area (Å²) in [6.07, 6.45) is 6.99. The molecular formula is C14H30N4O2S. The van der Waals surface area contributed by atoms with E-state index in [0.717, 1.165) is 18.9 Å². The summed E-state index contributed by atoms with van der Waals surface area (Å²) >= 11 is 0. The first-order valence-corrected chi connectivity index (χ1v) is 9.82. The number of aliphatic imine (C=N–C) groups is 1. The van der Waals surface area contributed by atoms with Crippen LogP contribution in [0.1, 0.15) is 46.0 Å². The van der Waals surface area contributed by atoms with Crippen LogP contribution in [0, 0.1) is 0 Å². The van der Waals surface area contributed by atoms with Gasteiger partial charge in [-0.05, 0) is 26.2 Å². The van der Waals surface area contributed by atoms with Crippen molar-refractivity contribution in [2.45, 2.75) is 52.0 Å². The van der Waals surface area contributed by atoms with Crippen LogP contribution in [0.2, 0.25) is 0 Å². The zero-order chi connectivity index (χ0) is 15.7. The summed E-state index contributed by atoms with van der Waals surface area (Å²) in [6, 6.07) is 0.533. The van der Waals surface area contributed by atoms with E-state index in [2.05, 4.69) is 15.6 Å². The van der Waals surface area contributed by atoms with Crippen molar-refractivity contribution in [1.29, 1.82) is 0 Å². The molecule has 0 amide bonds. The summed E-state index contributed by atoms with van der Waals surface area (Å²) in [4.78, 5) is 4.54. The number of nitrogens with zero attached hydrogens (tertiary/aromatic N) is 2. The van der Waals surface area contributed by atoms with Crippen LogP contribution in [-0.4, -0.2) is 57.2 Å². The van der Waals surface area contributed by atoms with E-state index in [1.807, 2.05) is 13.8 Å². The van der Waals surface area contributed by atoms with E-state index in [9.17, 15) is 8.42 Å². The van der Waals surface area contributed by atoms with Gasteiger partial charge in [0, 0.05) is 32.2 Å². The predicted molar refractivity (Wildman–Crippen MR) is 88.1 cm³/mol. The molecule has 0 saturated heterocycles. The summed E-state index contributed by atoms with van der Waals surface area (Å²) in [5.74, 6) is 0.854. The van der Waals surface area contributed by atoms with Gasteiger partial charge in [-0.2, -0.15) is 0 Å². The molecule has 2 N–H and O–H groups in total. The third-order valence-corrected chi connectivity index (χ3v) is 5.08. The van der Waals surface area contributed by atoms with Crippen LogP contribution >= 0.6 is 0 Å². The Hall–Kier alpha value is -0.820. The lowest BCUT2D eigenvalue weighted by atomic mass is 10.2. The van der Waals surface area contributed by atoms with Gasteiger partial charge in [-0.1, -0.05) is 19.8 Å². The lowest BCUT2D eigenvalue weighted by Gasteiger charge is -2.18. The third-order valence-electron chi connectivity index (χ3n) is 3.70. The largest absolute Gasteiger partial charge is 0.357 e. The van der Waals surface area contributed by atoms with Crippen molar-refractivity contribution in [2.75, 3.05) is 32.4 Å². The maximum Gasteiger partial charge on any atom is 0.211 e. The standard InChI is InChI=1S/C14H30N4O2S/c1-4-15-14(17-13-9-6-7-10-13)16-11-8-12-18(5-2)21(3,19)20/h13H,4-12H2,1-3H3,(H2,15,16,17). The molecule has 0 aromatic carbocycles. The molecule has 0 atom stereocenters. The highest BCUT2D eigenvalue weighted by molar-refractivity contribution is 7.88. The second-order valence-electron chi connectivity index (χ2n) is 5.49. The number of nitrogens with one attached hydrogen (secondary N) is 2. The molecule has 1 aliphatic carbocycles. The number of hydrogen-bond acceptors (Lipinski definition) is 3. The first-order chi connectivity index (χ1) is 9.97. The molecule has 0 aromatic rings. The second kappa shape index (κ2) is 9.25. The molecule has 1 fully saturated rings. The molecular weight excluding hydrogens is 288 g/mol. The molecule has 1 saturated carbocycles. The van der Waals surface area contributed by atoms with Crippen LogP contribution in [0.3, 0.4) is 0 Å². The minimum atomic E-state index is -3.09. The van der Waals surface area contributed by atoms with E-state index in [4.69, 9.17) is 0 Å². The van der Waals surface area contributed by atoms with Gasteiger partial charge in [0.25, 0.3) is 0 Å². The fourth-order valence-corrected chi connectivity index (χ4v) is 3.51. The van der Waals surface area contributed by atoms with Gasteiger partial charge in [-0.15, -0.1) is 0 Å². The zero-order valence-electron chi connectivity index (χ0n) is 13.6. The van der Waals surface area contributed by atoms with Crippen molar-refractivity contribution in [3.63, 3.8) is 0 Å². The predicted octanol–water partition coefficient (Wildman–Crippen LogP) is 1.16. The first-order valence-electron chi connectivity index (χ1n) is 7.97. The van der Waals surface area contributed by atoms with Crippen LogP contribution < -0.4 is 10.6 Å². The Kier molecular flexibility index (Phi) is 8.03. The van der Waals surface area contributed by atoms with Gasteiger partial charge in [0.1, 0.15) is 0 Å². The molecule has 0 unspecified atom stereocenters. The highest BCUT2D eigenvalue weighted by Crippen LogP contribution is 2.17.